The number of nitrogens with one attached hydrogen (secondary N) is 1. The first-order chi connectivity index (χ1) is 15.5. The summed E-state index contributed by atoms with van der Waals surface area (Å²) in [7, 11) is 0. The van der Waals surface area contributed by atoms with Gasteiger partial charge < -0.3 is 29.5 Å². The number of hydrogen-bond acceptors (Lipinski definition) is 5. The molecule has 1 atom stereocenters. The Morgan fingerprint density at radius 2 is 1.88 bits per heavy atom. The second-order valence-corrected chi connectivity index (χ2v) is 9.27. The van der Waals surface area contributed by atoms with Gasteiger partial charge in [0.1, 0.15) is 13.2 Å². The maximum Gasteiger partial charge on any atom is 0.321 e. The van der Waals surface area contributed by atoms with Crippen molar-refractivity contribution in [3.05, 3.63) is 18.2 Å². The van der Waals surface area contributed by atoms with Gasteiger partial charge in [0.05, 0.1) is 6.04 Å². The lowest BCUT2D eigenvalue weighted by Crippen LogP contribution is -2.46. The van der Waals surface area contributed by atoms with Gasteiger partial charge in [-0.3, -0.25) is 4.79 Å². The Hall–Kier alpha value is -2.48. The number of anilines is 1. The van der Waals surface area contributed by atoms with Crippen LogP contribution in [0.3, 0.4) is 0 Å². The Morgan fingerprint density at radius 3 is 2.62 bits per heavy atom. The Balaban J connectivity index is 1.32. The highest BCUT2D eigenvalue weighted by Gasteiger charge is 2.33. The lowest BCUT2D eigenvalue weighted by Gasteiger charge is -2.31. The number of ether oxygens (including phenoxy) is 2. The largest absolute Gasteiger partial charge is 0.486 e. The van der Waals surface area contributed by atoms with Crippen LogP contribution in [0, 0.1) is 5.92 Å². The number of rotatable bonds is 7. The highest BCUT2D eigenvalue weighted by molar-refractivity contribution is 5.90. The molecule has 1 unspecified atom stereocenters. The molecule has 0 saturated carbocycles. The van der Waals surface area contributed by atoms with Crippen LogP contribution in [0.5, 0.6) is 11.5 Å². The molecule has 2 saturated heterocycles. The highest BCUT2D eigenvalue weighted by Crippen LogP contribution is 2.32. The number of likely N-dealkylation sites (tertiary alicyclic amines) is 2. The van der Waals surface area contributed by atoms with Crippen LogP contribution in [0.2, 0.25) is 0 Å². The van der Waals surface area contributed by atoms with Gasteiger partial charge in [0.25, 0.3) is 0 Å². The zero-order valence-corrected chi connectivity index (χ0v) is 19.3. The molecular weight excluding hydrogens is 408 g/mol. The summed E-state index contributed by atoms with van der Waals surface area (Å²) in [6, 6.07) is 5.38. The molecule has 1 aromatic rings. The SMILES string of the molecule is CC(C)C(=O)N(CCCN1CCCC1)C1CCN(C(=O)Nc2ccc3c(c2)OCCO3)C1. The van der Waals surface area contributed by atoms with Gasteiger partial charge in [-0.25, -0.2) is 4.79 Å². The van der Waals surface area contributed by atoms with E-state index in [2.05, 4.69) is 10.2 Å². The summed E-state index contributed by atoms with van der Waals surface area (Å²) < 4.78 is 11.1. The van der Waals surface area contributed by atoms with E-state index in [0.717, 1.165) is 25.9 Å². The first-order valence-corrected chi connectivity index (χ1v) is 12.0. The molecule has 0 bridgehead atoms. The molecule has 0 aromatic heterocycles. The molecule has 0 radical (unpaired) electrons. The minimum absolute atomic E-state index is 0.0395. The number of carbonyl (C=O) groups is 2. The van der Waals surface area contributed by atoms with Crippen LogP contribution in [0.1, 0.15) is 39.5 Å². The zero-order chi connectivity index (χ0) is 22.5. The first-order valence-electron chi connectivity index (χ1n) is 12.0. The van der Waals surface area contributed by atoms with E-state index in [4.69, 9.17) is 9.47 Å². The fourth-order valence-electron chi connectivity index (χ4n) is 4.78. The van der Waals surface area contributed by atoms with Crippen LogP contribution < -0.4 is 14.8 Å². The fraction of sp³-hybridized carbons (Fsp3) is 0.667. The summed E-state index contributed by atoms with van der Waals surface area (Å²) in [5.41, 5.74) is 0.684. The van der Waals surface area contributed by atoms with E-state index in [-0.39, 0.29) is 23.9 Å². The lowest BCUT2D eigenvalue weighted by molar-refractivity contribution is -0.136. The Bertz CT molecular complexity index is 809. The van der Waals surface area contributed by atoms with Crippen molar-refractivity contribution in [2.75, 3.05) is 57.8 Å². The fourth-order valence-corrected chi connectivity index (χ4v) is 4.78. The van der Waals surface area contributed by atoms with Gasteiger partial charge >= 0.3 is 6.03 Å². The molecule has 32 heavy (non-hydrogen) atoms. The van der Waals surface area contributed by atoms with Crippen molar-refractivity contribution in [3.63, 3.8) is 0 Å². The molecule has 0 spiro atoms. The molecule has 2 fully saturated rings. The summed E-state index contributed by atoms with van der Waals surface area (Å²) in [5.74, 6) is 1.50. The number of nitrogens with zero attached hydrogens (tertiary/aromatic N) is 3. The van der Waals surface area contributed by atoms with Crippen molar-refractivity contribution >= 4 is 17.6 Å². The second-order valence-electron chi connectivity index (χ2n) is 9.27. The normalized spacial score (nSPS) is 20.6. The number of urea groups is 1. The summed E-state index contributed by atoms with van der Waals surface area (Å²) in [4.78, 5) is 32.1. The Labute approximate surface area is 190 Å². The lowest BCUT2D eigenvalue weighted by atomic mass is 10.1. The maximum absolute atomic E-state index is 12.9. The third-order valence-electron chi connectivity index (χ3n) is 6.53. The monoisotopic (exact) mass is 444 g/mol. The number of hydrogen-bond donors (Lipinski definition) is 1. The van der Waals surface area contributed by atoms with Crippen molar-refractivity contribution in [2.45, 2.75) is 45.6 Å². The van der Waals surface area contributed by atoms with Gasteiger partial charge in [0, 0.05) is 37.3 Å². The summed E-state index contributed by atoms with van der Waals surface area (Å²) in [5, 5.41) is 2.97. The topological polar surface area (TPSA) is 74.4 Å². The first kappa shape index (κ1) is 22.7. The van der Waals surface area contributed by atoms with E-state index in [0.29, 0.717) is 43.5 Å². The average Bonchev–Trinajstić information content (AvgIpc) is 3.48. The minimum Gasteiger partial charge on any atom is -0.486 e. The molecule has 8 heteroatoms. The third kappa shape index (κ3) is 5.46. The number of amides is 3. The molecule has 3 heterocycles. The van der Waals surface area contributed by atoms with E-state index in [1.165, 1.54) is 25.9 Å². The molecule has 8 nitrogen and oxygen atoms in total. The van der Waals surface area contributed by atoms with Gasteiger partial charge in [-0.1, -0.05) is 13.8 Å². The van der Waals surface area contributed by atoms with Crippen molar-refractivity contribution in [3.8, 4) is 11.5 Å². The smallest absolute Gasteiger partial charge is 0.321 e. The minimum atomic E-state index is -0.141. The Morgan fingerprint density at radius 1 is 1.12 bits per heavy atom. The Kier molecular flexibility index (Phi) is 7.40. The van der Waals surface area contributed by atoms with E-state index in [9.17, 15) is 9.59 Å². The average molecular weight is 445 g/mol. The van der Waals surface area contributed by atoms with Gasteiger partial charge in [-0.2, -0.15) is 0 Å². The summed E-state index contributed by atoms with van der Waals surface area (Å²) in [6.07, 6.45) is 4.37. The van der Waals surface area contributed by atoms with Crippen LogP contribution in [0.15, 0.2) is 18.2 Å². The van der Waals surface area contributed by atoms with Gasteiger partial charge in [-0.15, -0.1) is 0 Å². The highest BCUT2D eigenvalue weighted by atomic mass is 16.6. The van der Waals surface area contributed by atoms with Crippen molar-refractivity contribution in [1.82, 2.24) is 14.7 Å². The molecule has 1 N–H and O–H groups in total. The van der Waals surface area contributed by atoms with E-state index >= 15 is 0 Å². The van der Waals surface area contributed by atoms with Crippen molar-refractivity contribution in [2.24, 2.45) is 5.92 Å². The summed E-state index contributed by atoms with van der Waals surface area (Å²) >= 11 is 0. The summed E-state index contributed by atoms with van der Waals surface area (Å²) in [6.45, 7) is 10.3. The van der Waals surface area contributed by atoms with Gasteiger partial charge in [0.2, 0.25) is 5.91 Å². The van der Waals surface area contributed by atoms with Crippen LogP contribution in [0.25, 0.3) is 0 Å². The standard InChI is InChI=1S/C24H36N4O4/c1-18(2)23(29)28(12-5-11-26-9-3-4-10-26)20-8-13-27(17-20)24(30)25-19-6-7-21-22(16-19)32-15-14-31-21/h6-7,16,18,20H,3-5,8-15,17H2,1-2H3,(H,25,30). The second kappa shape index (κ2) is 10.4. The van der Waals surface area contributed by atoms with Crippen LogP contribution in [0.4, 0.5) is 10.5 Å². The van der Waals surface area contributed by atoms with Crippen molar-refractivity contribution in [1.29, 1.82) is 0 Å². The number of fused-ring (bicyclic) bond motifs is 1. The quantitative estimate of drug-likeness (QED) is 0.700. The molecule has 4 rings (SSSR count). The molecule has 3 aliphatic heterocycles. The van der Waals surface area contributed by atoms with Crippen molar-refractivity contribution < 1.29 is 19.1 Å². The molecule has 0 aliphatic carbocycles. The third-order valence-corrected chi connectivity index (χ3v) is 6.53. The molecule has 1 aromatic carbocycles. The maximum atomic E-state index is 12.9. The molecular formula is C24H36N4O4. The van der Waals surface area contributed by atoms with Gasteiger partial charge in [-0.05, 0) is 57.5 Å². The zero-order valence-electron chi connectivity index (χ0n) is 19.3. The predicted octanol–water partition coefficient (Wildman–Crippen LogP) is 3.03. The number of benzene rings is 1. The molecule has 176 valence electrons. The molecule has 3 aliphatic rings. The predicted molar refractivity (Wildman–Crippen MR) is 123 cm³/mol. The molecule has 3 amide bonds. The van der Waals surface area contributed by atoms with E-state index in [1.54, 1.807) is 6.07 Å². The van der Waals surface area contributed by atoms with Crippen LogP contribution in [-0.4, -0.2) is 85.2 Å². The number of carbonyl (C=O) groups excluding carboxylic acids is 2. The van der Waals surface area contributed by atoms with E-state index in [1.807, 2.05) is 35.8 Å². The van der Waals surface area contributed by atoms with E-state index < -0.39 is 0 Å². The van der Waals surface area contributed by atoms with Crippen LogP contribution >= 0.6 is 0 Å². The van der Waals surface area contributed by atoms with Gasteiger partial charge in [0.15, 0.2) is 11.5 Å². The van der Waals surface area contributed by atoms with Crippen LogP contribution in [-0.2, 0) is 4.79 Å².